The van der Waals surface area contributed by atoms with E-state index in [-0.39, 0.29) is 24.3 Å². The van der Waals surface area contributed by atoms with Gasteiger partial charge in [-0.3, -0.25) is 14.3 Å². The topological polar surface area (TPSA) is 112 Å². The second kappa shape index (κ2) is 17.1. The van der Waals surface area contributed by atoms with Crippen LogP contribution in [0.4, 0.5) is 11.4 Å². The van der Waals surface area contributed by atoms with E-state index in [9.17, 15) is 19.8 Å². The Bertz CT molecular complexity index is 1710. The van der Waals surface area contributed by atoms with Crippen molar-refractivity contribution in [2.45, 2.75) is 97.1 Å². The van der Waals surface area contributed by atoms with Gasteiger partial charge >= 0.3 is 0 Å². The molecular formula is C41H53N5O4. The van der Waals surface area contributed by atoms with Crippen LogP contribution in [0.15, 0.2) is 90.2 Å². The third-order valence-corrected chi connectivity index (χ3v) is 10.0. The lowest BCUT2D eigenvalue weighted by atomic mass is 9.82. The quantitative estimate of drug-likeness (QED) is 0.174. The molecule has 1 aromatic heterocycles. The number of allylic oxidation sites excluding steroid dienone is 4. The van der Waals surface area contributed by atoms with Crippen molar-refractivity contribution in [2.75, 3.05) is 29.5 Å². The first-order valence-corrected chi connectivity index (χ1v) is 18.1. The monoisotopic (exact) mass is 679 g/mol. The molecule has 0 bridgehead atoms. The summed E-state index contributed by atoms with van der Waals surface area (Å²) in [5.74, 6) is -1.06. The molecule has 0 aliphatic carbocycles. The molecule has 0 spiro atoms. The number of aliphatic hydroxyl groups is 2. The summed E-state index contributed by atoms with van der Waals surface area (Å²) in [5.41, 5.74) is 4.32. The standard InChI is InChI=1S/C41H53N5O4/c1-30(2)15-14-16-31(3)23-26-46-38-22-21-34(45-25-12-6-5-10-20-39(45)48)27-36(38)41(50,40(46)49)32(4)17-11-13-24-44-28-37(42-43-44)35(29-47)33-18-8-7-9-19-33/h7-9,11,15,17-19,21-23,27-28,32,35,47,50H,5-6,10,12-14,16,20,24-26,29H2,1-4H3/b17-11+,31-23+/t32-,35?,41+/m0/s1. The van der Waals surface area contributed by atoms with Crippen molar-refractivity contribution < 1.29 is 19.8 Å². The zero-order chi connectivity index (χ0) is 35.7. The summed E-state index contributed by atoms with van der Waals surface area (Å²) in [5, 5.41) is 31.0. The maximum Gasteiger partial charge on any atom is 0.264 e. The molecule has 2 aliphatic rings. The summed E-state index contributed by atoms with van der Waals surface area (Å²) in [4.78, 5) is 30.9. The number of aryl methyl sites for hydroxylation is 1. The molecule has 0 radical (unpaired) electrons. The fraction of sp³-hybridized carbons (Fsp3) is 0.463. The number of fused-ring (bicyclic) bond motifs is 1. The number of nitrogens with zero attached hydrogens (tertiary/aromatic N) is 5. The molecule has 1 unspecified atom stereocenters. The molecule has 3 aromatic rings. The minimum Gasteiger partial charge on any atom is -0.395 e. The van der Waals surface area contributed by atoms with Gasteiger partial charge in [0.1, 0.15) is 0 Å². The van der Waals surface area contributed by atoms with Crippen LogP contribution in [0, 0.1) is 5.92 Å². The van der Waals surface area contributed by atoms with Gasteiger partial charge in [-0.25, -0.2) is 0 Å². The van der Waals surface area contributed by atoms with Gasteiger partial charge in [-0.15, -0.1) is 5.10 Å². The van der Waals surface area contributed by atoms with Crippen molar-refractivity contribution in [1.29, 1.82) is 0 Å². The van der Waals surface area contributed by atoms with Crippen molar-refractivity contribution in [3.05, 3.63) is 107 Å². The number of anilines is 2. The molecule has 1 fully saturated rings. The zero-order valence-electron chi connectivity index (χ0n) is 30.1. The van der Waals surface area contributed by atoms with Crippen molar-refractivity contribution in [3.8, 4) is 0 Å². The summed E-state index contributed by atoms with van der Waals surface area (Å²) < 4.78 is 1.75. The third-order valence-electron chi connectivity index (χ3n) is 10.0. The van der Waals surface area contributed by atoms with Gasteiger partial charge in [0.25, 0.3) is 5.91 Å². The fourth-order valence-corrected chi connectivity index (χ4v) is 6.94. The Morgan fingerprint density at radius 2 is 1.78 bits per heavy atom. The second-order valence-corrected chi connectivity index (χ2v) is 14.0. The van der Waals surface area contributed by atoms with E-state index < -0.39 is 11.5 Å². The highest BCUT2D eigenvalue weighted by molar-refractivity contribution is 6.08. The van der Waals surface area contributed by atoms with Crippen LogP contribution in [0.2, 0.25) is 0 Å². The number of amides is 2. The highest BCUT2D eigenvalue weighted by atomic mass is 16.3. The largest absolute Gasteiger partial charge is 0.395 e. The summed E-state index contributed by atoms with van der Waals surface area (Å²) in [7, 11) is 0. The van der Waals surface area contributed by atoms with Crippen LogP contribution in [0.3, 0.4) is 0 Å². The lowest BCUT2D eigenvalue weighted by Crippen LogP contribution is -2.44. The second-order valence-electron chi connectivity index (χ2n) is 14.0. The average Bonchev–Trinajstić information content (AvgIpc) is 3.65. The molecule has 2 amide bonds. The Morgan fingerprint density at radius 3 is 2.54 bits per heavy atom. The van der Waals surface area contributed by atoms with E-state index in [1.807, 2.05) is 78.7 Å². The van der Waals surface area contributed by atoms with E-state index in [1.54, 1.807) is 9.58 Å². The van der Waals surface area contributed by atoms with Crippen LogP contribution in [-0.4, -0.2) is 56.7 Å². The van der Waals surface area contributed by atoms with E-state index in [1.165, 1.54) is 11.1 Å². The summed E-state index contributed by atoms with van der Waals surface area (Å²) in [6.07, 6.45) is 16.9. The number of rotatable bonds is 14. The Morgan fingerprint density at radius 1 is 1.00 bits per heavy atom. The number of aromatic nitrogens is 3. The van der Waals surface area contributed by atoms with E-state index in [0.717, 1.165) is 49.8 Å². The Balaban J connectivity index is 1.35. The number of hydrogen-bond acceptors (Lipinski definition) is 6. The van der Waals surface area contributed by atoms with Crippen LogP contribution in [0.1, 0.15) is 102 Å². The van der Waals surface area contributed by atoms with Crippen molar-refractivity contribution in [1.82, 2.24) is 15.0 Å². The van der Waals surface area contributed by atoms with Gasteiger partial charge in [0.2, 0.25) is 5.91 Å². The van der Waals surface area contributed by atoms with E-state index >= 15 is 0 Å². The fourth-order valence-electron chi connectivity index (χ4n) is 6.94. The number of benzene rings is 2. The molecule has 2 aliphatic heterocycles. The van der Waals surface area contributed by atoms with Crippen LogP contribution in [-0.2, 0) is 21.7 Å². The van der Waals surface area contributed by atoms with Crippen LogP contribution >= 0.6 is 0 Å². The summed E-state index contributed by atoms with van der Waals surface area (Å²) in [6, 6.07) is 15.4. The predicted octanol–water partition coefficient (Wildman–Crippen LogP) is 7.21. The van der Waals surface area contributed by atoms with E-state index in [4.69, 9.17) is 0 Å². The van der Waals surface area contributed by atoms with Crippen LogP contribution < -0.4 is 9.80 Å². The molecule has 5 rings (SSSR count). The van der Waals surface area contributed by atoms with Crippen molar-refractivity contribution in [2.24, 2.45) is 5.92 Å². The molecule has 2 aromatic carbocycles. The molecule has 3 heterocycles. The Labute approximate surface area is 297 Å². The maximum absolute atomic E-state index is 14.2. The molecule has 3 atom stereocenters. The van der Waals surface area contributed by atoms with Crippen LogP contribution in [0.25, 0.3) is 0 Å². The number of hydrogen-bond donors (Lipinski definition) is 2. The number of carbonyl (C=O) groups excluding carboxylic acids is 2. The molecule has 9 nitrogen and oxygen atoms in total. The highest BCUT2D eigenvalue weighted by Gasteiger charge is 2.52. The lowest BCUT2D eigenvalue weighted by molar-refractivity contribution is -0.139. The number of aliphatic hydroxyl groups excluding tert-OH is 1. The molecular weight excluding hydrogens is 626 g/mol. The van der Waals surface area contributed by atoms with E-state index in [0.29, 0.717) is 49.4 Å². The summed E-state index contributed by atoms with van der Waals surface area (Å²) >= 11 is 0. The van der Waals surface area contributed by atoms with Crippen LogP contribution in [0.5, 0.6) is 0 Å². The molecule has 2 N–H and O–H groups in total. The Hall–Kier alpha value is -4.34. The van der Waals surface area contributed by atoms with Gasteiger partial charge in [0.15, 0.2) is 5.60 Å². The first kappa shape index (κ1) is 36.9. The molecule has 50 heavy (non-hydrogen) atoms. The maximum atomic E-state index is 14.2. The molecule has 0 saturated carbocycles. The smallest absolute Gasteiger partial charge is 0.264 e. The summed E-state index contributed by atoms with van der Waals surface area (Å²) in [6.45, 7) is 9.61. The lowest BCUT2D eigenvalue weighted by Gasteiger charge is -2.29. The minimum atomic E-state index is -1.79. The predicted molar refractivity (Wildman–Crippen MR) is 199 cm³/mol. The normalized spacial score (nSPS) is 19.8. The van der Waals surface area contributed by atoms with Crippen molar-refractivity contribution >= 4 is 23.2 Å². The molecule has 1 saturated heterocycles. The first-order valence-electron chi connectivity index (χ1n) is 18.1. The van der Waals surface area contributed by atoms with Gasteiger partial charge in [-0.05, 0) is 76.6 Å². The number of carbonyl (C=O) groups is 2. The van der Waals surface area contributed by atoms with Gasteiger partial charge in [0.05, 0.1) is 23.9 Å². The van der Waals surface area contributed by atoms with Gasteiger partial charge < -0.3 is 20.0 Å². The van der Waals surface area contributed by atoms with Gasteiger partial charge in [-0.2, -0.15) is 0 Å². The first-order chi connectivity index (χ1) is 24.1. The Kier molecular flexibility index (Phi) is 12.6. The third kappa shape index (κ3) is 8.50. The zero-order valence-corrected chi connectivity index (χ0v) is 30.1. The molecule has 9 heteroatoms. The molecule has 266 valence electrons. The van der Waals surface area contributed by atoms with E-state index in [2.05, 4.69) is 43.2 Å². The highest BCUT2D eigenvalue weighted by Crippen LogP contribution is 2.47. The average molecular weight is 680 g/mol. The SMILES string of the molecule is CC(C)=CCC/C(C)=C/CN1C(=O)[C@@](O)([C@@H](C)/C=C/CCn2cc(C(CO)c3ccccc3)nn2)c2cc(N3CCCCCCC3=O)ccc21. The minimum absolute atomic E-state index is 0.0654. The van der Waals surface area contributed by atoms with Gasteiger partial charge in [0, 0.05) is 49.4 Å². The van der Waals surface area contributed by atoms with Gasteiger partial charge in [-0.1, -0.05) is 90.8 Å². The van der Waals surface area contributed by atoms with Crippen molar-refractivity contribution in [3.63, 3.8) is 0 Å².